The average molecular weight is 319 g/mol. The SMILES string of the molecule is C[C@H](C(=O)NC(N)=O)N(C)Cc1ccc(OC(F)(F)F)cc1. The molecule has 0 aliphatic heterocycles. The molecule has 0 saturated carbocycles. The lowest BCUT2D eigenvalue weighted by molar-refractivity contribution is -0.274. The van der Waals surface area contributed by atoms with Gasteiger partial charge in [-0.15, -0.1) is 13.2 Å². The van der Waals surface area contributed by atoms with E-state index in [1.54, 1.807) is 18.9 Å². The van der Waals surface area contributed by atoms with Gasteiger partial charge in [-0.25, -0.2) is 4.79 Å². The molecule has 0 aliphatic carbocycles. The van der Waals surface area contributed by atoms with Gasteiger partial charge in [0, 0.05) is 6.54 Å². The highest BCUT2D eigenvalue weighted by molar-refractivity contribution is 5.96. The van der Waals surface area contributed by atoms with Crippen LogP contribution in [-0.4, -0.2) is 36.3 Å². The van der Waals surface area contributed by atoms with E-state index in [-0.39, 0.29) is 5.75 Å². The Labute approximate surface area is 125 Å². The fourth-order valence-electron chi connectivity index (χ4n) is 1.65. The van der Waals surface area contributed by atoms with Gasteiger partial charge in [-0.05, 0) is 31.7 Å². The fraction of sp³-hybridized carbons (Fsp3) is 0.385. The molecule has 0 aliphatic rings. The van der Waals surface area contributed by atoms with Crippen molar-refractivity contribution in [3.63, 3.8) is 0 Å². The maximum absolute atomic E-state index is 12.0. The van der Waals surface area contributed by atoms with Crippen molar-refractivity contribution < 1.29 is 27.5 Å². The van der Waals surface area contributed by atoms with Crippen LogP contribution < -0.4 is 15.8 Å². The van der Waals surface area contributed by atoms with Crippen LogP contribution in [0.15, 0.2) is 24.3 Å². The molecule has 1 aromatic rings. The Hall–Kier alpha value is -2.29. The molecule has 0 bridgehead atoms. The second-order valence-electron chi connectivity index (χ2n) is 4.64. The van der Waals surface area contributed by atoms with Gasteiger partial charge in [-0.2, -0.15) is 0 Å². The lowest BCUT2D eigenvalue weighted by atomic mass is 10.2. The third-order valence-electron chi connectivity index (χ3n) is 2.88. The van der Waals surface area contributed by atoms with E-state index in [2.05, 4.69) is 4.74 Å². The number of nitrogens with one attached hydrogen (secondary N) is 1. The highest BCUT2D eigenvalue weighted by Crippen LogP contribution is 2.23. The Bertz CT molecular complexity index is 532. The van der Waals surface area contributed by atoms with Gasteiger partial charge < -0.3 is 10.5 Å². The molecule has 122 valence electrons. The van der Waals surface area contributed by atoms with Crippen molar-refractivity contribution in [2.45, 2.75) is 25.9 Å². The van der Waals surface area contributed by atoms with Gasteiger partial charge in [0.25, 0.3) is 0 Å². The Balaban J connectivity index is 2.63. The summed E-state index contributed by atoms with van der Waals surface area (Å²) >= 11 is 0. The molecular formula is C13H16F3N3O3. The molecule has 22 heavy (non-hydrogen) atoms. The number of rotatable bonds is 5. The molecular weight excluding hydrogens is 303 g/mol. The molecule has 0 fully saturated rings. The minimum absolute atomic E-state index is 0.291. The van der Waals surface area contributed by atoms with Gasteiger partial charge in [0.2, 0.25) is 5.91 Å². The summed E-state index contributed by atoms with van der Waals surface area (Å²) in [6, 6.07) is 3.69. The first kappa shape index (κ1) is 17.8. The third-order valence-corrected chi connectivity index (χ3v) is 2.88. The van der Waals surface area contributed by atoms with Gasteiger partial charge in [0.1, 0.15) is 5.75 Å². The predicted molar refractivity (Wildman–Crippen MR) is 71.8 cm³/mol. The van der Waals surface area contributed by atoms with Crippen LogP contribution in [-0.2, 0) is 11.3 Å². The molecule has 1 atom stereocenters. The van der Waals surface area contributed by atoms with Gasteiger partial charge in [-0.3, -0.25) is 15.0 Å². The number of hydrogen-bond donors (Lipinski definition) is 2. The molecule has 3 amide bonds. The number of alkyl halides is 3. The number of nitrogens with two attached hydrogens (primary N) is 1. The summed E-state index contributed by atoms with van der Waals surface area (Å²) in [6.45, 7) is 1.86. The molecule has 1 rings (SSSR count). The van der Waals surface area contributed by atoms with Crippen molar-refractivity contribution in [2.75, 3.05) is 7.05 Å². The zero-order chi connectivity index (χ0) is 16.9. The summed E-state index contributed by atoms with van der Waals surface area (Å²) in [7, 11) is 1.63. The minimum Gasteiger partial charge on any atom is -0.406 e. The van der Waals surface area contributed by atoms with E-state index in [4.69, 9.17) is 5.73 Å². The van der Waals surface area contributed by atoms with Crippen LogP contribution in [0, 0.1) is 0 Å². The van der Waals surface area contributed by atoms with Gasteiger partial charge in [-0.1, -0.05) is 12.1 Å². The predicted octanol–water partition coefficient (Wildman–Crippen LogP) is 1.60. The molecule has 0 unspecified atom stereocenters. The van der Waals surface area contributed by atoms with Gasteiger partial charge in [0.15, 0.2) is 0 Å². The number of hydrogen-bond acceptors (Lipinski definition) is 4. The van der Waals surface area contributed by atoms with Crippen LogP contribution in [0.1, 0.15) is 12.5 Å². The van der Waals surface area contributed by atoms with Crippen molar-refractivity contribution in [3.05, 3.63) is 29.8 Å². The smallest absolute Gasteiger partial charge is 0.406 e. The zero-order valence-corrected chi connectivity index (χ0v) is 12.0. The number of amides is 3. The number of ether oxygens (including phenoxy) is 1. The van der Waals surface area contributed by atoms with E-state index in [1.807, 2.05) is 5.32 Å². The summed E-state index contributed by atoms with van der Waals surface area (Å²) in [4.78, 5) is 23.8. The van der Waals surface area contributed by atoms with Gasteiger partial charge in [0.05, 0.1) is 6.04 Å². The van der Waals surface area contributed by atoms with Crippen LogP contribution in [0.5, 0.6) is 5.75 Å². The normalized spacial score (nSPS) is 12.8. The number of carbonyl (C=O) groups is 2. The first-order chi connectivity index (χ1) is 10.1. The van der Waals surface area contributed by atoms with E-state index < -0.39 is 24.3 Å². The van der Waals surface area contributed by atoms with Crippen LogP contribution in [0.3, 0.4) is 0 Å². The summed E-state index contributed by atoms with van der Waals surface area (Å²) in [5.41, 5.74) is 5.53. The lowest BCUT2D eigenvalue weighted by Gasteiger charge is -2.23. The van der Waals surface area contributed by atoms with Crippen LogP contribution in [0.4, 0.5) is 18.0 Å². The Morgan fingerprint density at radius 1 is 1.32 bits per heavy atom. The average Bonchev–Trinajstić information content (AvgIpc) is 2.37. The van der Waals surface area contributed by atoms with Crippen molar-refractivity contribution in [2.24, 2.45) is 5.73 Å². The first-order valence-corrected chi connectivity index (χ1v) is 6.23. The molecule has 3 N–H and O–H groups in total. The van der Waals surface area contributed by atoms with E-state index in [0.717, 1.165) is 0 Å². The second-order valence-corrected chi connectivity index (χ2v) is 4.64. The molecule has 0 heterocycles. The van der Waals surface area contributed by atoms with E-state index in [9.17, 15) is 22.8 Å². The second kappa shape index (κ2) is 7.12. The highest BCUT2D eigenvalue weighted by Gasteiger charge is 2.31. The quantitative estimate of drug-likeness (QED) is 0.863. The minimum atomic E-state index is -4.74. The number of nitrogens with zero attached hydrogens (tertiary/aromatic N) is 1. The summed E-state index contributed by atoms with van der Waals surface area (Å²) in [6.07, 6.45) is -4.74. The third kappa shape index (κ3) is 6.00. The molecule has 0 saturated heterocycles. The first-order valence-electron chi connectivity index (χ1n) is 6.23. The summed E-state index contributed by atoms with van der Waals surface area (Å²) < 4.78 is 39.9. The maximum Gasteiger partial charge on any atom is 0.573 e. The number of halogens is 3. The van der Waals surface area contributed by atoms with Crippen molar-refractivity contribution in [1.29, 1.82) is 0 Å². The number of likely N-dealkylation sites (N-methyl/N-ethyl adjacent to an activating group) is 1. The number of imide groups is 1. The van der Waals surface area contributed by atoms with Crippen LogP contribution in [0.25, 0.3) is 0 Å². The molecule has 1 aromatic carbocycles. The van der Waals surface area contributed by atoms with Crippen molar-refractivity contribution >= 4 is 11.9 Å². The maximum atomic E-state index is 12.0. The monoisotopic (exact) mass is 319 g/mol. The standard InChI is InChI=1S/C13H16F3N3O3/c1-8(11(20)18-12(17)21)19(2)7-9-3-5-10(6-4-9)22-13(14,15)16/h3-6,8H,7H2,1-2H3,(H3,17,18,20,21)/t8-/m1/s1. The number of carbonyl (C=O) groups excluding carboxylic acids is 2. The zero-order valence-electron chi connectivity index (χ0n) is 12.0. The van der Waals surface area contributed by atoms with Crippen molar-refractivity contribution in [1.82, 2.24) is 10.2 Å². The lowest BCUT2D eigenvalue weighted by Crippen LogP contribution is -2.46. The molecule has 0 radical (unpaired) electrons. The number of urea groups is 1. The number of benzene rings is 1. The van der Waals surface area contributed by atoms with Crippen LogP contribution >= 0.6 is 0 Å². The number of primary amides is 1. The molecule has 0 spiro atoms. The Kier molecular flexibility index (Phi) is 5.75. The van der Waals surface area contributed by atoms with E-state index in [1.165, 1.54) is 24.3 Å². The largest absolute Gasteiger partial charge is 0.573 e. The molecule has 0 aromatic heterocycles. The fourth-order valence-corrected chi connectivity index (χ4v) is 1.65. The highest BCUT2D eigenvalue weighted by atomic mass is 19.4. The van der Waals surface area contributed by atoms with Crippen LogP contribution in [0.2, 0.25) is 0 Å². The van der Waals surface area contributed by atoms with Gasteiger partial charge >= 0.3 is 12.4 Å². The topological polar surface area (TPSA) is 84.7 Å². The van der Waals surface area contributed by atoms with Crippen molar-refractivity contribution in [3.8, 4) is 5.75 Å². The summed E-state index contributed by atoms with van der Waals surface area (Å²) in [5, 5.41) is 1.96. The van der Waals surface area contributed by atoms with E-state index in [0.29, 0.717) is 12.1 Å². The molecule has 9 heteroatoms. The summed E-state index contributed by atoms with van der Waals surface area (Å²) in [5.74, 6) is -0.884. The van der Waals surface area contributed by atoms with E-state index >= 15 is 0 Å². The Morgan fingerprint density at radius 2 is 1.86 bits per heavy atom. The Morgan fingerprint density at radius 3 is 2.32 bits per heavy atom. The molecule has 6 nitrogen and oxygen atoms in total.